The zero-order chi connectivity index (χ0) is 19.5. The predicted octanol–water partition coefficient (Wildman–Crippen LogP) is 3.31. The third-order valence-electron chi connectivity index (χ3n) is 4.79. The molecule has 0 bridgehead atoms. The van der Waals surface area contributed by atoms with Crippen LogP contribution >= 0.6 is 0 Å². The van der Waals surface area contributed by atoms with Crippen LogP contribution in [0.2, 0.25) is 0 Å². The van der Waals surface area contributed by atoms with Gasteiger partial charge in [0.2, 0.25) is 5.88 Å². The zero-order valence-corrected chi connectivity index (χ0v) is 15.5. The van der Waals surface area contributed by atoms with Crippen LogP contribution < -0.4 is 10.1 Å². The summed E-state index contributed by atoms with van der Waals surface area (Å²) in [6.45, 7) is 4.04. The minimum Gasteiger partial charge on any atom is -0.505 e. The van der Waals surface area contributed by atoms with E-state index in [-0.39, 0.29) is 11.4 Å². The number of aromatic hydroxyl groups is 1. The van der Waals surface area contributed by atoms with Gasteiger partial charge in [-0.15, -0.1) is 0 Å². The zero-order valence-electron chi connectivity index (χ0n) is 15.5. The summed E-state index contributed by atoms with van der Waals surface area (Å²) in [4.78, 5) is 20.7. The molecule has 1 aliphatic rings. The predicted molar refractivity (Wildman–Crippen MR) is 105 cm³/mol. The normalized spacial score (nSPS) is 16.2. The second-order valence-electron chi connectivity index (χ2n) is 6.87. The van der Waals surface area contributed by atoms with E-state index in [4.69, 9.17) is 9.47 Å². The fourth-order valence-electron chi connectivity index (χ4n) is 3.22. The average Bonchev–Trinajstić information content (AvgIpc) is 3.22. The third-order valence-corrected chi connectivity index (χ3v) is 4.79. The Balaban J connectivity index is 1.57. The molecule has 7 nitrogen and oxygen atoms in total. The maximum atomic E-state index is 12.4. The molecule has 1 aliphatic heterocycles. The SMILES string of the molecule is Cc1cnc(OCC2CCOC2)c2ccc(NC(=O)c3ncccc3O)cc12. The highest BCUT2D eigenvalue weighted by molar-refractivity contribution is 6.05. The highest BCUT2D eigenvalue weighted by Crippen LogP contribution is 2.29. The van der Waals surface area contributed by atoms with Crippen LogP contribution in [-0.4, -0.2) is 40.8 Å². The molecule has 1 amide bonds. The molecular formula is C21H21N3O4. The van der Waals surface area contributed by atoms with Gasteiger partial charge in [0.25, 0.3) is 5.91 Å². The van der Waals surface area contributed by atoms with Gasteiger partial charge in [0, 0.05) is 36.0 Å². The van der Waals surface area contributed by atoms with E-state index >= 15 is 0 Å². The molecule has 0 aliphatic carbocycles. The van der Waals surface area contributed by atoms with Gasteiger partial charge in [-0.25, -0.2) is 9.97 Å². The molecule has 1 aromatic carbocycles. The van der Waals surface area contributed by atoms with Crippen LogP contribution in [0.4, 0.5) is 5.69 Å². The number of aromatic nitrogens is 2. The van der Waals surface area contributed by atoms with E-state index in [1.54, 1.807) is 18.3 Å². The number of carbonyl (C=O) groups excluding carboxylic acids is 1. The number of fused-ring (bicyclic) bond motifs is 1. The molecule has 0 saturated carbocycles. The first-order valence-electron chi connectivity index (χ1n) is 9.17. The van der Waals surface area contributed by atoms with E-state index in [1.807, 2.05) is 19.1 Å². The Morgan fingerprint density at radius 3 is 3.00 bits per heavy atom. The standard InChI is InChI=1S/C21H21N3O4/c1-13-10-23-21(28-12-14-6-8-27-11-14)16-5-4-15(9-17(13)16)24-20(26)19-18(25)3-2-7-22-19/h2-5,7,9-10,14,25H,6,8,11-12H2,1H3,(H,24,26). The molecule has 3 heterocycles. The average molecular weight is 379 g/mol. The van der Waals surface area contributed by atoms with Crippen LogP contribution in [0, 0.1) is 12.8 Å². The molecule has 144 valence electrons. The Hall–Kier alpha value is -3.19. The summed E-state index contributed by atoms with van der Waals surface area (Å²) in [7, 11) is 0. The Morgan fingerprint density at radius 1 is 1.32 bits per heavy atom. The van der Waals surface area contributed by atoms with Crippen molar-refractivity contribution in [2.24, 2.45) is 5.92 Å². The van der Waals surface area contributed by atoms with E-state index in [1.165, 1.54) is 12.3 Å². The number of hydrogen-bond donors (Lipinski definition) is 2. The van der Waals surface area contributed by atoms with Crippen LogP contribution in [0.1, 0.15) is 22.5 Å². The summed E-state index contributed by atoms with van der Waals surface area (Å²) in [5, 5.41) is 14.4. The largest absolute Gasteiger partial charge is 0.505 e. The molecule has 4 rings (SSSR count). The summed E-state index contributed by atoms with van der Waals surface area (Å²) in [6, 6.07) is 8.53. The van der Waals surface area contributed by atoms with Crippen LogP contribution in [0.25, 0.3) is 10.8 Å². The maximum Gasteiger partial charge on any atom is 0.278 e. The summed E-state index contributed by atoms with van der Waals surface area (Å²) < 4.78 is 11.3. The van der Waals surface area contributed by atoms with Crippen molar-refractivity contribution in [2.75, 3.05) is 25.1 Å². The van der Waals surface area contributed by atoms with Gasteiger partial charge in [-0.05, 0) is 54.6 Å². The minimum atomic E-state index is -0.470. The lowest BCUT2D eigenvalue weighted by Gasteiger charge is -2.13. The van der Waals surface area contributed by atoms with Gasteiger partial charge in [0.05, 0.1) is 13.2 Å². The molecule has 1 unspecified atom stereocenters. The number of pyridine rings is 2. The van der Waals surface area contributed by atoms with Crippen molar-refractivity contribution in [3.8, 4) is 11.6 Å². The number of nitrogens with zero attached hydrogens (tertiary/aromatic N) is 2. The number of benzene rings is 1. The second kappa shape index (κ2) is 7.82. The lowest BCUT2D eigenvalue weighted by Crippen LogP contribution is -2.14. The number of hydrogen-bond acceptors (Lipinski definition) is 6. The number of rotatable bonds is 5. The molecule has 7 heteroatoms. The third kappa shape index (κ3) is 3.75. The highest BCUT2D eigenvalue weighted by atomic mass is 16.5. The van der Waals surface area contributed by atoms with E-state index < -0.39 is 5.91 Å². The summed E-state index contributed by atoms with van der Waals surface area (Å²) in [6.07, 6.45) is 4.23. The van der Waals surface area contributed by atoms with Crippen LogP contribution in [0.15, 0.2) is 42.7 Å². The number of ether oxygens (including phenoxy) is 2. The number of amides is 1. The van der Waals surface area contributed by atoms with Gasteiger partial charge in [-0.1, -0.05) is 0 Å². The van der Waals surface area contributed by atoms with Crippen molar-refractivity contribution in [2.45, 2.75) is 13.3 Å². The van der Waals surface area contributed by atoms with Crippen LogP contribution in [0.3, 0.4) is 0 Å². The fourth-order valence-corrected chi connectivity index (χ4v) is 3.22. The monoisotopic (exact) mass is 379 g/mol. The Morgan fingerprint density at radius 2 is 2.21 bits per heavy atom. The van der Waals surface area contributed by atoms with Gasteiger partial charge < -0.3 is 19.9 Å². The molecule has 2 aromatic heterocycles. The molecule has 28 heavy (non-hydrogen) atoms. The van der Waals surface area contributed by atoms with Crippen molar-refractivity contribution in [3.05, 3.63) is 54.0 Å². The topological polar surface area (TPSA) is 93.6 Å². The first-order valence-corrected chi connectivity index (χ1v) is 9.17. The molecule has 0 spiro atoms. The van der Waals surface area contributed by atoms with Crippen molar-refractivity contribution in [1.82, 2.24) is 9.97 Å². The molecule has 1 saturated heterocycles. The highest BCUT2D eigenvalue weighted by Gasteiger charge is 2.18. The van der Waals surface area contributed by atoms with Crippen LogP contribution in [0.5, 0.6) is 11.6 Å². The van der Waals surface area contributed by atoms with Crippen molar-refractivity contribution in [1.29, 1.82) is 0 Å². The second-order valence-corrected chi connectivity index (χ2v) is 6.87. The maximum absolute atomic E-state index is 12.4. The van der Waals surface area contributed by atoms with Gasteiger partial charge in [0.1, 0.15) is 5.75 Å². The van der Waals surface area contributed by atoms with Crippen molar-refractivity contribution in [3.63, 3.8) is 0 Å². The number of carbonyl (C=O) groups is 1. The quantitative estimate of drug-likeness (QED) is 0.706. The summed E-state index contributed by atoms with van der Waals surface area (Å²) in [5.41, 5.74) is 1.56. The van der Waals surface area contributed by atoms with Crippen molar-refractivity contribution < 1.29 is 19.4 Å². The Labute approximate surface area is 162 Å². The first kappa shape index (κ1) is 18.2. The number of anilines is 1. The smallest absolute Gasteiger partial charge is 0.278 e. The summed E-state index contributed by atoms with van der Waals surface area (Å²) in [5.74, 6) is 0.338. The van der Waals surface area contributed by atoms with Gasteiger partial charge in [-0.3, -0.25) is 4.79 Å². The lowest BCUT2D eigenvalue weighted by atomic mass is 10.1. The number of aryl methyl sites for hydroxylation is 1. The van der Waals surface area contributed by atoms with E-state index in [9.17, 15) is 9.90 Å². The molecule has 1 fully saturated rings. The molecular weight excluding hydrogens is 358 g/mol. The molecule has 0 radical (unpaired) electrons. The van der Waals surface area contributed by atoms with Crippen LogP contribution in [-0.2, 0) is 4.74 Å². The Bertz CT molecular complexity index is 1020. The van der Waals surface area contributed by atoms with Gasteiger partial charge in [-0.2, -0.15) is 0 Å². The first-order chi connectivity index (χ1) is 13.6. The minimum absolute atomic E-state index is 0.0168. The van der Waals surface area contributed by atoms with E-state index in [2.05, 4.69) is 15.3 Å². The van der Waals surface area contributed by atoms with Crippen molar-refractivity contribution >= 4 is 22.4 Å². The van der Waals surface area contributed by atoms with Gasteiger partial charge in [0.15, 0.2) is 5.69 Å². The number of nitrogens with one attached hydrogen (secondary N) is 1. The summed E-state index contributed by atoms with van der Waals surface area (Å²) >= 11 is 0. The van der Waals surface area contributed by atoms with E-state index in [0.29, 0.717) is 24.1 Å². The molecule has 1 atom stereocenters. The Kier molecular flexibility index (Phi) is 5.08. The fraction of sp³-hybridized carbons (Fsp3) is 0.286. The molecule has 3 aromatic rings. The van der Waals surface area contributed by atoms with E-state index in [0.717, 1.165) is 36.0 Å². The lowest BCUT2D eigenvalue weighted by molar-refractivity contribution is 0.101. The molecule has 2 N–H and O–H groups in total. The van der Waals surface area contributed by atoms with Gasteiger partial charge >= 0.3 is 0 Å².